The largest absolute Gasteiger partial charge is 0.368 e. The molecule has 0 saturated heterocycles. The molecule has 1 rings (SSSR count). The molecule has 0 bridgehead atoms. The highest BCUT2D eigenvalue weighted by Crippen LogP contribution is 2.28. The van der Waals surface area contributed by atoms with E-state index in [4.69, 9.17) is 27.9 Å². The van der Waals surface area contributed by atoms with Gasteiger partial charge in [0.05, 0.1) is 3.57 Å². The molecule has 3 nitrogen and oxygen atoms in total. The van der Waals surface area contributed by atoms with Gasteiger partial charge >= 0.3 is 0 Å². The van der Waals surface area contributed by atoms with Crippen LogP contribution in [-0.2, 0) is 10.3 Å². The van der Waals surface area contributed by atoms with Gasteiger partial charge in [-0.25, -0.2) is 9.97 Å². The van der Waals surface area contributed by atoms with Gasteiger partial charge in [0.1, 0.15) is 15.9 Å². The average Bonchev–Trinajstić information content (AvgIpc) is 2.13. The number of ether oxygens (including phenoxy) is 1. The van der Waals surface area contributed by atoms with Crippen LogP contribution in [0.5, 0.6) is 0 Å². The molecule has 0 N–H and O–H groups in total. The Morgan fingerprint density at radius 3 is 2.13 bits per heavy atom. The highest BCUT2D eigenvalue weighted by Gasteiger charge is 2.26. The topological polar surface area (TPSA) is 35.0 Å². The summed E-state index contributed by atoms with van der Waals surface area (Å²) in [5.74, 6) is 0.500. The van der Waals surface area contributed by atoms with E-state index in [9.17, 15) is 0 Å². The Morgan fingerprint density at radius 2 is 1.73 bits per heavy atom. The minimum atomic E-state index is -0.577. The first-order valence-corrected chi connectivity index (χ1v) is 6.25. The standard InChI is InChI=1S/C9H11Cl2IN2O/c1-4-15-9(2,3)8-13-6(10)5(12)7(11)14-8/h4H2,1-3H3. The summed E-state index contributed by atoms with van der Waals surface area (Å²) in [6.07, 6.45) is 0. The van der Waals surface area contributed by atoms with Crippen LogP contribution >= 0.6 is 45.8 Å². The van der Waals surface area contributed by atoms with E-state index in [2.05, 4.69) is 9.97 Å². The molecule has 1 aromatic rings. The Hall–Kier alpha value is 0.350. The van der Waals surface area contributed by atoms with Gasteiger partial charge in [-0.05, 0) is 43.4 Å². The molecule has 0 aliphatic heterocycles. The highest BCUT2D eigenvalue weighted by molar-refractivity contribution is 14.1. The molecule has 84 valence electrons. The number of rotatable bonds is 3. The van der Waals surface area contributed by atoms with E-state index >= 15 is 0 Å². The molecule has 1 aromatic heterocycles. The molecule has 0 amide bonds. The van der Waals surface area contributed by atoms with E-state index in [0.29, 0.717) is 26.3 Å². The molecule has 0 aromatic carbocycles. The predicted molar refractivity (Wildman–Crippen MR) is 69.4 cm³/mol. The Balaban J connectivity index is 3.16. The van der Waals surface area contributed by atoms with Gasteiger partial charge in [-0.3, -0.25) is 0 Å². The summed E-state index contributed by atoms with van der Waals surface area (Å²) >= 11 is 13.9. The molecular formula is C9H11Cl2IN2O. The molecule has 0 radical (unpaired) electrons. The van der Waals surface area contributed by atoms with Crippen molar-refractivity contribution >= 4 is 45.8 Å². The van der Waals surface area contributed by atoms with Crippen LogP contribution < -0.4 is 0 Å². The number of nitrogens with zero attached hydrogens (tertiary/aromatic N) is 2. The summed E-state index contributed by atoms with van der Waals surface area (Å²) in [5.41, 5.74) is -0.577. The molecule has 0 aliphatic rings. The molecule has 1 heterocycles. The van der Waals surface area contributed by atoms with Crippen molar-refractivity contribution < 1.29 is 4.74 Å². The lowest BCUT2D eigenvalue weighted by Gasteiger charge is -2.23. The summed E-state index contributed by atoms with van der Waals surface area (Å²) in [4.78, 5) is 8.32. The minimum Gasteiger partial charge on any atom is -0.368 e. The third-order valence-corrected chi connectivity index (χ3v) is 4.02. The van der Waals surface area contributed by atoms with Crippen molar-refractivity contribution in [1.29, 1.82) is 0 Å². The quantitative estimate of drug-likeness (QED) is 0.609. The van der Waals surface area contributed by atoms with Crippen LogP contribution in [0.2, 0.25) is 10.3 Å². The van der Waals surface area contributed by atoms with Gasteiger partial charge in [-0.15, -0.1) is 0 Å². The molecule has 0 saturated carbocycles. The molecule has 0 atom stereocenters. The van der Waals surface area contributed by atoms with Gasteiger partial charge in [0.15, 0.2) is 5.82 Å². The maximum absolute atomic E-state index is 5.93. The van der Waals surface area contributed by atoms with Gasteiger partial charge < -0.3 is 4.74 Å². The third-order valence-electron chi connectivity index (χ3n) is 1.81. The lowest BCUT2D eigenvalue weighted by molar-refractivity contribution is -0.0208. The lowest BCUT2D eigenvalue weighted by Crippen LogP contribution is -2.25. The zero-order valence-corrected chi connectivity index (χ0v) is 12.3. The van der Waals surface area contributed by atoms with Crippen LogP contribution in [0, 0.1) is 3.57 Å². The molecule has 6 heteroatoms. The Labute approximate surface area is 113 Å². The van der Waals surface area contributed by atoms with Crippen molar-refractivity contribution in [2.24, 2.45) is 0 Å². The SMILES string of the molecule is CCOC(C)(C)c1nc(Cl)c(I)c(Cl)n1. The zero-order chi connectivity index (χ0) is 11.6. The molecule has 0 fully saturated rings. The maximum Gasteiger partial charge on any atom is 0.163 e. The molecular weight excluding hydrogens is 350 g/mol. The third kappa shape index (κ3) is 3.15. The average molecular weight is 361 g/mol. The lowest BCUT2D eigenvalue weighted by atomic mass is 10.1. The van der Waals surface area contributed by atoms with E-state index in [-0.39, 0.29) is 0 Å². The first-order chi connectivity index (χ1) is 6.88. The fraction of sp³-hybridized carbons (Fsp3) is 0.556. The minimum absolute atomic E-state index is 0.360. The Bertz CT molecular complexity index is 348. The molecule has 15 heavy (non-hydrogen) atoms. The van der Waals surface area contributed by atoms with Crippen molar-refractivity contribution in [3.63, 3.8) is 0 Å². The Morgan fingerprint density at radius 1 is 1.27 bits per heavy atom. The molecule has 0 aliphatic carbocycles. The van der Waals surface area contributed by atoms with Crippen LogP contribution in [0.4, 0.5) is 0 Å². The van der Waals surface area contributed by atoms with Crippen molar-refractivity contribution in [2.45, 2.75) is 26.4 Å². The Kier molecular flexibility index (Phi) is 4.58. The second kappa shape index (κ2) is 5.12. The van der Waals surface area contributed by atoms with Gasteiger partial charge in [0.25, 0.3) is 0 Å². The van der Waals surface area contributed by atoms with Crippen molar-refractivity contribution in [3.8, 4) is 0 Å². The molecule has 0 unspecified atom stereocenters. The van der Waals surface area contributed by atoms with Crippen LogP contribution in [0.3, 0.4) is 0 Å². The van der Waals surface area contributed by atoms with E-state index in [0.717, 1.165) is 0 Å². The fourth-order valence-electron chi connectivity index (χ4n) is 1.09. The molecule has 0 spiro atoms. The van der Waals surface area contributed by atoms with E-state index in [1.165, 1.54) is 0 Å². The van der Waals surface area contributed by atoms with E-state index in [1.54, 1.807) is 0 Å². The van der Waals surface area contributed by atoms with Crippen LogP contribution in [-0.4, -0.2) is 16.6 Å². The summed E-state index contributed by atoms with van der Waals surface area (Å²) < 4.78 is 6.18. The number of halogens is 3. The first kappa shape index (κ1) is 13.4. The summed E-state index contributed by atoms with van der Waals surface area (Å²) in [6.45, 7) is 6.26. The summed E-state index contributed by atoms with van der Waals surface area (Å²) in [6, 6.07) is 0. The first-order valence-electron chi connectivity index (χ1n) is 4.41. The van der Waals surface area contributed by atoms with E-state index < -0.39 is 5.60 Å². The summed E-state index contributed by atoms with van der Waals surface area (Å²) in [5, 5.41) is 0.719. The second-order valence-corrected chi connectivity index (χ2v) is 5.18. The summed E-state index contributed by atoms with van der Waals surface area (Å²) in [7, 11) is 0. The van der Waals surface area contributed by atoms with Gasteiger partial charge in [0, 0.05) is 6.61 Å². The van der Waals surface area contributed by atoms with Gasteiger partial charge in [-0.1, -0.05) is 23.2 Å². The van der Waals surface area contributed by atoms with Crippen LogP contribution in [0.1, 0.15) is 26.6 Å². The highest BCUT2D eigenvalue weighted by atomic mass is 127. The van der Waals surface area contributed by atoms with E-state index in [1.807, 2.05) is 43.4 Å². The fourth-order valence-corrected chi connectivity index (χ4v) is 1.72. The van der Waals surface area contributed by atoms with Crippen molar-refractivity contribution in [1.82, 2.24) is 9.97 Å². The number of hydrogen-bond acceptors (Lipinski definition) is 3. The maximum atomic E-state index is 5.93. The zero-order valence-electron chi connectivity index (χ0n) is 8.64. The second-order valence-electron chi connectivity index (χ2n) is 3.39. The van der Waals surface area contributed by atoms with Gasteiger partial charge in [-0.2, -0.15) is 0 Å². The van der Waals surface area contributed by atoms with Gasteiger partial charge in [0.2, 0.25) is 0 Å². The van der Waals surface area contributed by atoms with Crippen molar-refractivity contribution in [3.05, 3.63) is 19.7 Å². The number of aromatic nitrogens is 2. The normalized spacial score (nSPS) is 11.9. The monoisotopic (exact) mass is 360 g/mol. The number of hydrogen-bond donors (Lipinski definition) is 0. The van der Waals surface area contributed by atoms with Crippen LogP contribution in [0.15, 0.2) is 0 Å². The van der Waals surface area contributed by atoms with Crippen molar-refractivity contribution in [2.75, 3.05) is 6.61 Å². The predicted octanol–water partition coefficient (Wildman–Crippen LogP) is 3.66. The smallest absolute Gasteiger partial charge is 0.163 e. The van der Waals surface area contributed by atoms with Crippen LogP contribution in [0.25, 0.3) is 0 Å².